The van der Waals surface area contributed by atoms with Gasteiger partial charge in [0.05, 0.1) is 5.69 Å². The van der Waals surface area contributed by atoms with E-state index in [0.29, 0.717) is 12.2 Å². The highest BCUT2D eigenvalue weighted by atomic mass is 16.4. The van der Waals surface area contributed by atoms with E-state index in [2.05, 4.69) is 20.6 Å². The highest BCUT2D eigenvalue weighted by molar-refractivity contribution is 5.82. The normalized spacial score (nSPS) is 14.1. The van der Waals surface area contributed by atoms with E-state index in [4.69, 9.17) is 0 Å². The smallest absolute Gasteiger partial charge is 0.326 e. The number of anilines is 2. The van der Waals surface area contributed by atoms with E-state index < -0.39 is 12.0 Å². The average molecular weight is 326 g/mol. The van der Waals surface area contributed by atoms with E-state index in [1.54, 1.807) is 0 Å². The van der Waals surface area contributed by atoms with Gasteiger partial charge in [0.1, 0.15) is 18.2 Å². The number of aromatic nitrogens is 2. The largest absolute Gasteiger partial charge is 0.480 e. The molecule has 0 spiro atoms. The van der Waals surface area contributed by atoms with Crippen molar-refractivity contribution in [3.05, 3.63) is 36.2 Å². The molecule has 0 fully saturated rings. The quantitative estimate of drug-likeness (QED) is 0.783. The summed E-state index contributed by atoms with van der Waals surface area (Å²) < 4.78 is 0. The van der Waals surface area contributed by atoms with Gasteiger partial charge >= 0.3 is 5.97 Å². The molecule has 0 saturated heterocycles. The highest BCUT2D eigenvalue weighted by Gasteiger charge is 2.23. The SMILES string of the molecule is CC(C)C[C@H](Nc1ncnc2c1CCNc1ccccc1-2)C(=O)O. The van der Waals surface area contributed by atoms with Crippen LogP contribution < -0.4 is 10.6 Å². The predicted octanol–water partition coefficient (Wildman–Crippen LogP) is 3.02. The number of hydrogen-bond acceptors (Lipinski definition) is 5. The molecule has 0 unspecified atom stereocenters. The molecule has 1 aromatic carbocycles. The molecule has 6 nitrogen and oxygen atoms in total. The summed E-state index contributed by atoms with van der Waals surface area (Å²) >= 11 is 0. The molecular weight excluding hydrogens is 304 g/mol. The zero-order chi connectivity index (χ0) is 17.1. The van der Waals surface area contributed by atoms with Crippen molar-refractivity contribution in [1.29, 1.82) is 0 Å². The molecule has 2 aromatic rings. The number of nitrogens with one attached hydrogen (secondary N) is 2. The molecule has 0 radical (unpaired) electrons. The number of carboxylic acid groups (broad SMARTS) is 1. The Morgan fingerprint density at radius 3 is 2.88 bits per heavy atom. The Morgan fingerprint density at radius 1 is 1.33 bits per heavy atom. The summed E-state index contributed by atoms with van der Waals surface area (Å²) in [4.78, 5) is 20.3. The molecule has 0 amide bonds. The molecule has 1 atom stereocenters. The van der Waals surface area contributed by atoms with Crippen LogP contribution in [0.1, 0.15) is 25.8 Å². The van der Waals surface area contributed by atoms with E-state index >= 15 is 0 Å². The van der Waals surface area contributed by atoms with Crippen molar-refractivity contribution in [3.63, 3.8) is 0 Å². The van der Waals surface area contributed by atoms with Gasteiger partial charge in [-0.05, 0) is 24.8 Å². The molecular formula is C18H22N4O2. The van der Waals surface area contributed by atoms with E-state index in [-0.39, 0.29) is 5.92 Å². The molecule has 2 heterocycles. The number of nitrogens with zero attached hydrogens (tertiary/aromatic N) is 2. The lowest BCUT2D eigenvalue weighted by molar-refractivity contribution is -0.138. The third-order valence-corrected chi connectivity index (χ3v) is 4.13. The third kappa shape index (κ3) is 3.32. The summed E-state index contributed by atoms with van der Waals surface area (Å²) in [7, 11) is 0. The molecule has 1 aromatic heterocycles. The van der Waals surface area contributed by atoms with E-state index in [1.165, 1.54) is 6.33 Å². The summed E-state index contributed by atoms with van der Waals surface area (Å²) in [5.41, 5.74) is 3.88. The molecule has 0 bridgehead atoms. The van der Waals surface area contributed by atoms with Crippen LogP contribution in [0, 0.1) is 5.92 Å². The van der Waals surface area contributed by atoms with Gasteiger partial charge in [-0.1, -0.05) is 32.0 Å². The van der Waals surface area contributed by atoms with Crippen LogP contribution in [0.15, 0.2) is 30.6 Å². The first kappa shape index (κ1) is 16.2. The first-order valence-corrected chi connectivity index (χ1v) is 8.22. The number of fused-ring (bicyclic) bond motifs is 3. The Labute approximate surface area is 141 Å². The minimum absolute atomic E-state index is 0.279. The van der Waals surface area contributed by atoms with Crippen LogP contribution in [0.4, 0.5) is 11.5 Å². The first-order chi connectivity index (χ1) is 11.6. The maximum Gasteiger partial charge on any atom is 0.326 e. The lowest BCUT2D eigenvalue weighted by atomic mass is 10.0. The summed E-state index contributed by atoms with van der Waals surface area (Å²) in [6.45, 7) is 4.78. The third-order valence-electron chi connectivity index (χ3n) is 4.13. The fraction of sp³-hybridized carbons (Fsp3) is 0.389. The van der Waals surface area contributed by atoms with E-state index in [0.717, 1.165) is 35.5 Å². The fourth-order valence-electron chi connectivity index (χ4n) is 3.03. The van der Waals surface area contributed by atoms with Crippen molar-refractivity contribution in [2.24, 2.45) is 5.92 Å². The first-order valence-electron chi connectivity index (χ1n) is 8.22. The maximum absolute atomic E-state index is 11.6. The molecule has 3 N–H and O–H groups in total. The second-order valence-electron chi connectivity index (χ2n) is 6.44. The number of carboxylic acids is 1. The molecule has 3 rings (SSSR count). The zero-order valence-electron chi connectivity index (χ0n) is 13.9. The molecule has 126 valence electrons. The van der Waals surface area contributed by atoms with Crippen molar-refractivity contribution in [2.45, 2.75) is 32.7 Å². The molecule has 0 aliphatic carbocycles. The van der Waals surface area contributed by atoms with Crippen LogP contribution in [0.2, 0.25) is 0 Å². The number of benzene rings is 1. The van der Waals surface area contributed by atoms with Crippen molar-refractivity contribution >= 4 is 17.5 Å². The predicted molar refractivity (Wildman–Crippen MR) is 94.2 cm³/mol. The Bertz CT molecular complexity index is 746. The van der Waals surface area contributed by atoms with Gasteiger partial charge in [-0.3, -0.25) is 0 Å². The number of para-hydroxylation sites is 1. The zero-order valence-corrected chi connectivity index (χ0v) is 13.9. The standard InChI is InChI=1S/C18H22N4O2/c1-11(2)9-15(18(23)24)22-17-13-7-8-19-14-6-4-3-5-12(14)16(13)20-10-21-17/h3-6,10-11,15,19H,7-9H2,1-2H3,(H,23,24)(H,20,21,22)/t15-/m0/s1. The van der Waals surface area contributed by atoms with Crippen LogP contribution in [0.3, 0.4) is 0 Å². The van der Waals surface area contributed by atoms with Crippen molar-refractivity contribution in [1.82, 2.24) is 9.97 Å². The fourth-order valence-corrected chi connectivity index (χ4v) is 3.03. The Balaban J connectivity index is 1.99. The summed E-state index contributed by atoms with van der Waals surface area (Å²) in [6, 6.07) is 7.35. The van der Waals surface area contributed by atoms with Gasteiger partial charge in [-0.2, -0.15) is 0 Å². The minimum Gasteiger partial charge on any atom is -0.480 e. The van der Waals surface area contributed by atoms with Crippen molar-refractivity contribution in [2.75, 3.05) is 17.2 Å². The van der Waals surface area contributed by atoms with Gasteiger partial charge in [0.25, 0.3) is 0 Å². The van der Waals surface area contributed by atoms with Crippen LogP contribution in [0.25, 0.3) is 11.3 Å². The monoisotopic (exact) mass is 326 g/mol. The van der Waals surface area contributed by atoms with Gasteiger partial charge in [0, 0.05) is 23.4 Å². The topological polar surface area (TPSA) is 87.1 Å². The van der Waals surface area contributed by atoms with E-state index in [1.807, 2.05) is 38.1 Å². The summed E-state index contributed by atoms with van der Waals surface area (Å²) in [5.74, 6) is 0.0381. The van der Waals surface area contributed by atoms with E-state index in [9.17, 15) is 9.90 Å². The maximum atomic E-state index is 11.6. The van der Waals surface area contributed by atoms with Crippen molar-refractivity contribution < 1.29 is 9.90 Å². The Kier molecular flexibility index (Phi) is 4.64. The van der Waals surface area contributed by atoms with Gasteiger partial charge in [-0.25, -0.2) is 14.8 Å². The molecule has 6 heteroatoms. The van der Waals surface area contributed by atoms with Gasteiger partial charge < -0.3 is 15.7 Å². The van der Waals surface area contributed by atoms with Crippen LogP contribution >= 0.6 is 0 Å². The van der Waals surface area contributed by atoms with Gasteiger partial charge in [-0.15, -0.1) is 0 Å². The van der Waals surface area contributed by atoms with Gasteiger partial charge in [0.15, 0.2) is 0 Å². The number of carbonyl (C=O) groups is 1. The van der Waals surface area contributed by atoms with Crippen LogP contribution in [-0.4, -0.2) is 33.6 Å². The molecule has 0 saturated carbocycles. The number of rotatable bonds is 5. The van der Waals surface area contributed by atoms with Gasteiger partial charge in [0.2, 0.25) is 0 Å². The highest BCUT2D eigenvalue weighted by Crippen LogP contribution is 2.34. The van der Waals surface area contributed by atoms with Crippen LogP contribution in [0.5, 0.6) is 0 Å². The second kappa shape index (κ2) is 6.86. The summed E-state index contributed by atoms with van der Waals surface area (Å²) in [6.07, 6.45) is 2.78. The van der Waals surface area contributed by atoms with Crippen molar-refractivity contribution in [3.8, 4) is 11.3 Å². The molecule has 1 aliphatic heterocycles. The molecule has 24 heavy (non-hydrogen) atoms. The number of hydrogen-bond donors (Lipinski definition) is 3. The second-order valence-corrected chi connectivity index (χ2v) is 6.44. The minimum atomic E-state index is -0.858. The van der Waals surface area contributed by atoms with Crippen LogP contribution in [-0.2, 0) is 11.2 Å². The lowest BCUT2D eigenvalue weighted by Crippen LogP contribution is -2.31. The Hall–Kier alpha value is -2.63. The average Bonchev–Trinajstić information content (AvgIpc) is 2.74. The lowest BCUT2D eigenvalue weighted by Gasteiger charge is -2.19. The summed E-state index contributed by atoms with van der Waals surface area (Å²) in [5, 5.41) is 16.0. The number of aliphatic carboxylic acids is 1. The molecule has 1 aliphatic rings. The Morgan fingerprint density at radius 2 is 2.12 bits per heavy atom.